The Hall–Kier alpha value is -0.890. The predicted octanol–water partition coefficient (Wildman–Crippen LogP) is 4.24. The lowest BCUT2D eigenvalue weighted by molar-refractivity contribution is -0.158. The van der Waals surface area contributed by atoms with Crippen LogP contribution in [0.4, 0.5) is 39.5 Å². The molecule has 0 aliphatic carbocycles. The maximum absolute atomic E-state index is 10.8. The van der Waals surface area contributed by atoms with Gasteiger partial charge in [-0.15, -0.1) is 0 Å². The zero-order chi connectivity index (χ0) is 12.7. The third kappa shape index (κ3) is 24.6. The molecule has 0 bridgehead atoms. The van der Waals surface area contributed by atoms with Crippen molar-refractivity contribution in [2.75, 3.05) is 0 Å². The predicted molar refractivity (Wildman–Crippen MR) is 33.0 cm³/mol. The normalized spacial score (nSPS) is 12.9. The maximum Gasteiger partial charge on any atom is 0.411 e. The summed E-state index contributed by atoms with van der Waals surface area (Å²) >= 11 is 0. The Morgan fingerprint density at radius 2 is 1.33 bits per heavy atom. The van der Waals surface area contributed by atoms with Gasteiger partial charge in [-0.25, -0.2) is 13.2 Å². The van der Waals surface area contributed by atoms with Crippen molar-refractivity contribution in [2.45, 2.75) is 25.2 Å². The van der Waals surface area contributed by atoms with Crippen LogP contribution in [0.3, 0.4) is 0 Å². The molecule has 0 aromatic heterocycles. The molecule has 0 radical (unpaired) electrons. The van der Waals surface area contributed by atoms with E-state index in [0.29, 0.717) is 0 Å². The van der Waals surface area contributed by atoms with Gasteiger partial charge in [-0.1, -0.05) is 0 Å². The maximum atomic E-state index is 10.8. The van der Waals surface area contributed by atoms with E-state index in [0.717, 1.165) is 0 Å². The summed E-state index contributed by atoms with van der Waals surface area (Å²) in [7, 11) is 0. The first kappa shape index (κ1) is 16.5. The quantitative estimate of drug-likeness (QED) is 0.609. The van der Waals surface area contributed by atoms with Gasteiger partial charge >= 0.3 is 12.4 Å². The molecule has 9 heteroatoms. The molecule has 92 valence electrons. The summed E-state index contributed by atoms with van der Waals surface area (Å²) in [5.41, 5.74) is 0. The van der Waals surface area contributed by atoms with Crippen LogP contribution in [0.25, 0.3) is 0 Å². The van der Waals surface area contributed by atoms with Crippen LogP contribution >= 0.6 is 0 Å². The smallest absolute Gasteiger partial charge is 0.216 e. The van der Waals surface area contributed by atoms with E-state index in [4.69, 9.17) is 0 Å². The van der Waals surface area contributed by atoms with E-state index in [-0.39, 0.29) is 0 Å². The molecule has 0 aromatic rings. The molecule has 0 rings (SSSR count). The van der Waals surface area contributed by atoms with Crippen molar-refractivity contribution >= 4 is 0 Å². The zero-order valence-corrected chi connectivity index (χ0v) is 6.84. The highest BCUT2D eigenvalue weighted by Crippen LogP contribution is 2.23. The van der Waals surface area contributed by atoms with Crippen molar-refractivity contribution in [3.05, 3.63) is 12.4 Å². The van der Waals surface area contributed by atoms with E-state index < -0.39 is 37.6 Å². The van der Waals surface area contributed by atoms with Crippen molar-refractivity contribution < 1.29 is 39.5 Å². The fraction of sp³-hybridized carbons (Fsp3) is 0.667. The van der Waals surface area contributed by atoms with Gasteiger partial charge in [-0.3, -0.25) is 0 Å². The van der Waals surface area contributed by atoms with Crippen molar-refractivity contribution in [3.8, 4) is 0 Å². The molecule has 0 aromatic carbocycles. The Balaban J connectivity index is 0. The molecule has 0 saturated heterocycles. The van der Waals surface area contributed by atoms with Gasteiger partial charge in [-0.05, 0) is 0 Å². The fourth-order valence-corrected chi connectivity index (χ4v) is 0.246. The molecular formula is C6H5F9. The van der Waals surface area contributed by atoms with Crippen molar-refractivity contribution in [1.29, 1.82) is 0 Å². The van der Waals surface area contributed by atoms with Crippen molar-refractivity contribution in [3.63, 3.8) is 0 Å². The van der Waals surface area contributed by atoms with Crippen molar-refractivity contribution in [1.82, 2.24) is 0 Å². The van der Waals surface area contributed by atoms with Gasteiger partial charge < -0.3 is 0 Å². The monoisotopic (exact) mass is 248 g/mol. The number of allylic oxidation sites excluding steroid dienone is 1. The molecule has 0 amide bonds. The Labute approximate surface area is 78.4 Å². The molecule has 0 atom stereocenters. The second-order valence-corrected chi connectivity index (χ2v) is 2.04. The molecule has 0 nitrogen and oxygen atoms in total. The van der Waals surface area contributed by atoms with E-state index in [1.165, 1.54) is 0 Å². The van der Waals surface area contributed by atoms with Crippen molar-refractivity contribution in [2.24, 2.45) is 0 Å². The van der Waals surface area contributed by atoms with E-state index in [9.17, 15) is 39.5 Å². The summed E-state index contributed by atoms with van der Waals surface area (Å²) in [4.78, 5) is 0. The standard InChI is InChI=1S/C3H3F5.C3H2F4/c4-2(5)1-3(6,7)8;4-2-1-3(5,6)7/h2H,1H2;1-2H. The van der Waals surface area contributed by atoms with Crippen LogP contribution in [-0.4, -0.2) is 18.8 Å². The number of halogens is 9. The Bertz CT molecular complexity index is 174. The first-order valence-electron chi connectivity index (χ1n) is 3.17. The fourth-order valence-electron chi connectivity index (χ4n) is 0.246. The van der Waals surface area contributed by atoms with E-state index in [2.05, 4.69) is 0 Å². The Morgan fingerprint density at radius 3 is 1.33 bits per heavy atom. The zero-order valence-electron chi connectivity index (χ0n) is 6.84. The first-order valence-corrected chi connectivity index (χ1v) is 3.17. The minimum Gasteiger partial charge on any atom is -0.216 e. The SMILES string of the molecule is FC(F)CC(F)(F)F.FC=CC(F)(F)F. The second-order valence-electron chi connectivity index (χ2n) is 2.04. The number of hydrogen-bond donors (Lipinski definition) is 0. The summed E-state index contributed by atoms with van der Waals surface area (Å²) in [5, 5.41) is 0. The third-order valence-corrected chi connectivity index (χ3v) is 0.638. The molecule has 0 unspecified atom stereocenters. The summed E-state index contributed by atoms with van der Waals surface area (Å²) in [5.74, 6) is 0. The van der Waals surface area contributed by atoms with Crippen LogP contribution in [0.5, 0.6) is 0 Å². The van der Waals surface area contributed by atoms with Crippen LogP contribution in [0.1, 0.15) is 6.42 Å². The van der Waals surface area contributed by atoms with E-state index in [1.807, 2.05) is 0 Å². The lowest BCUT2D eigenvalue weighted by Crippen LogP contribution is -2.12. The minimum atomic E-state index is -4.73. The second kappa shape index (κ2) is 6.57. The Kier molecular flexibility index (Phi) is 7.24. The summed E-state index contributed by atoms with van der Waals surface area (Å²) < 4.78 is 96.9. The molecule has 0 aliphatic rings. The van der Waals surface area contributed by atoms with Gasteiger partial charge in [0.1, 0.15) is 6.42 Å². The van der Waals surface area contributed by atoms with Crippen LogP contribution < -0.4 is 0 Å². The highest BCUT2D eigenvalue weighted by Gasteiger charge is 2.31. The highest BCUT2D eigenvalue weighted by molar-refractivity contribution is 4.80. The molecule has 0 heterocycles. The van der Waals surface area contributed by atoms with Gasteiger partial charge in [0.25, 0.3) is 0 Å². The molecule has 0 aliphatic heterocycles. The molecule has 15 heavy (non-hydrogen) atoms. The lowest BCUT2D eigenvalue weighted by Gasteiger charge is -2.02. The summed E-state index contributed by atoms with van der Waals surface area (Å²) in [6.45, 7) is 0. The number of alkyl halides is 8. The van der Waals surface area contributed by atoms with E-state index in [1.54, 1.807) is 0 Å². The average molecular weight is 248 g/mol. The Morgan fingerprint density at radius 1 is 0.933 bits per heavy atom. The number of rotatable bonds is 1. The van der Waals surface area contributed by atoms with Crippen LogP contribution in [-0.2, 0) is 0 Å². The molecule has 0 saturated carbocycles. The van der Waals surface area contributed by atoms with Gasteiger partial charge in [0.2, 0.25) is 6.43 Å². The minimum absolute atomic E-state index is 0.479. The molecule has 0 N–H and O–H groups in total. The lowest BCUT2D eigenvalue weighted by atomic mass is 10.4. The third-order valence-electron chi connectivity index (χ3n) is 0.638. The van der Waals surface area contributed by atoms with E-state index >= 15 is 0 Å². The van der Waals surface area contributed by atoms with Gasteiger partial charge in [0, 0.05) is 6.08 Å². The van der Waals surface area contributed by atoms with Crippen LogP contribution in [0.15, 0.2) is 12.4 Å². The first-order chi connectivity index (χ1) is 6.48. The van der Waals surface area contributed by atoms with Crippen LogP contribution in [0, 0.1) is 0 Å². The topological polar surface area (TPSA) is 0 Å². The largest absolute Gasteiger partial charge is 0.411 e. The van der Waals surface area contributed by atoms with Gasteiger partial charge in [0.15, 0.2) is 0 Å². The summed E-state index contributed by atoms with van der Waals surface area (Å²) in [6, 6.07) is 0. The van der Waals surface area contributed by atoms with Gasteiger partial charge in [0.05, 0.1) is 6.33 Å². The molecular weight excluding hydrogens is 243 g/mol. The summed E-state index contributed by atoms with van der Waals surface area (Å²) in [6.07, 6.45) is -15.5. The average Bonchev–Trinajstić information content (AvgIpc) is 1.77. The molecule has 0 fully saturated rings. The molecule has 0 spiro atoms. The highest BCUT2D eigenvalue weighted by atomic mass is 19.4. The van der Waals surface area contributed by atoms with Gasteiger partial charge in [-0.2, -0.15) is 26.3 Å². The number of hydrogen-bond acceptors (Lipinski definition) is 0. The van der Waals surface area contributed by atoms with Crippen LogP contribution in [0.2, 0.25) is 0 Å².